The van der Waals surface area contributed by atoms with Gasteiger partial charge in [0.25, 0.3) is 0 Å². The van der Waals surface area contributed by atoms with E-state index in [0.717, 1.165) is 36.7 Å². The largest absolute Gasteiger partial charge is 0.495 e. The molecule has 0 unspecified atom stereocenters. The Labute approximate surface area is 106 Å². The number of ether oxygens (including phenoxy) is 1. The summed E-state index contributed by atoms with van der Waals surface area (Å²) < 4.78 is 7.29. The molecule has 96 valence electrons. The van der Waals surface area contributed by atoms with Crippen molar-refractivity contribution in [2.24, 2.45) is 5.92 Å². The number of fused-ring (bicyclic) bond motifs is 1. The van der Waals surface area contributed by atoms with E-state index in [1.807, 2.05) is 22.7 Å². The van der Waals surface area contributed by atoms with Crippen molar-refractivity contribution >= 4 is 5.65 Å². The third kappa shape index (κ3) is 2.18. The summed E-state index contributed by atoms with van der Waals surface area (Å²) in [6.07, 6.45) is 5.40. The van der Waals surface area contributed by atoms with Crippen LogP contribution in [-0.4, -0.2) is 34.8 Å². The van der Waals surface area contributed by atoms with Crippen LogP contribution in [0.2, 0.25) is 0 Å². The quantitative estimate of drug-likeness (QED) is 0.886. The zero-order chi connectivity index (χ0) is 12.4. The first-order chi connectivity index (χ1) is 8.86. The Morgan fingerprint density at radius 2 is 2.17 bits per heavy atom. The molecular formula is C13H18N4O. The fourth-order valence-electron chi connectivity index (χ4n) is 2.52. The molecule has 2 aromatic rings. The van der Waals surface area contributed by atoms with Crippen LogP contribution in [0.1, 0.15) is 18.7 Å². The minimum Gasteiger partial charge on any atom is -0.495 e. The zero-order valence-electron chi connectivity index (χ0n) is 10.6. The molecule has 5 nitrogen and oxygen atoms in total. The maximum absolute atomic E-state index is 5.25. The van der Waals surface area contributed by atoms with Crippen molar-refractivity contribution in [2.75, 3.05) is 20.2 Å². The summed E-state index contributed by atoms with van der Waals surface area (Å²) in [7, 11) is 1.68. The fourth-order valence-corrected chi connectivity index (χ4v) is 2.52. The summed E-state index contributed by atoms with van der Waals surface area (Å²) >= 11 is 0. The van der Waals surface area contributed by atoms with E-state index in [1.54, 1.807) is 7.11 Å². The van der Waals surface area contributed by atoms with E-state index >= 15 is 0 Å². The average Bonchev–Trinajstić information content (AvgIpc) is 2.82. The van der Waals surface area contributed by atoms with Gasteiger partial charge in [0.1, 0.15) is 11.6 Å². The highest BCUT2D eigenvalue weighted by molar-refractivity contribution is 5.41. The molecule has 0 saturated carbocycles. The minimum atomic E-state index is 0.713. The maximum Gasteiger partial charge on any atom is 0.161 e. The molecule has 0 aromatic carbocycles. The van der Waals surface area contributed by atoms with E-state index in [4.69, 9.17) is 4.74 Å². The second kappa shape index (κ2) is 4.94. The van der Waals surface area contributed by atoms with Gasteiger partial charge >= 0.3 is 0 Å². The maximum atomic E-state index is 5.25. The molecule has 1 aliphatic heterocycles. The first-order valence-electron chi connectivity index (χ1n) is 6.45. The van der Waals surface area contributed by atoms with Crippen LogP contribution >= 0.6 is 0 Å². The first kappa shape index (κ1) is 11.5. The number of hydrogen-bond donors (Lipinski definition) is 1. The Balaban J connectivity index is 1.86. The molecule has 0 spiro atoms. The molecule has 5 heteroatoms. The van der Waals surface area contributed by atoms with Gasteiger partial charge in [-0.15, -0.1) is 10.2 Å². The van der Waals surface area contributed by atoms with Crippen molar-refractivity contribution in [1.29, 1.82) is 0 Å². The van der Waals surface area contributed by atoms with Crippen molar-refractivity contribution in [3.63, 3.8) is 0 Å². The van der Waals surface area contributed by atoms with Gasteiger partial charge < -0.3 is 10.1 Å². The highest BCUT2D eigenvalue weighted by Gasteiger charge is 2.16. The fraction of sp³-hybridized carbons (Fsp3) is 0.538. The Kier molecular flexibility index (Phi) is 3.15. The normalized spacial score (nSPS) is 17.2. The third-order valence-corrected chi connectivity index (χ3v) is 3.61. The summed E-state index contributed by atoms with van der Waals surface area (Å²) in [6.45, 7) is 2.23. The average molecular weight is 246 g/mol. The number of hydrogen-bond acceptors (Lipinski definition) is 4. The van der Waals surface area contributed by atoms with Gasteiger partial charge in [-0.3, -0.25) is 4.40 Å². The van der Waals surface area contributed by atoms with Gasteiger partial charge in [0.05, 0.1) is 13.3 Å². The smallest absolute Gasteiger partial charge is 0.161 e. The van der Waals surface area contributed by atoms with E-state index in [0.29, 0.717) is 5.92 Å². The van der Waals surface area contributed by atoms with Crippen LogP contribution in [0, 0.1) is 5.92 Å². The van der Waals surface area contributed by atoms with Crippen LogP contribution in [0.3, 0.4) is 0 Å². The lowest BCUT2D eigenvalue weighted by Gasteiger charge is -2.21. The van der Waals surface area contributed by atoms with Gasteiger partial charge in [0, 0.05) is 6.42 Å². The highest BCUT2D eigenvalue weighted by Crippen LogP contribution is 2.19. The lowest BCUT2D eigenvalue weighted by Crippen LogP contribution is -2.29. The first-order valence-corrected chi connectivity index (χ1v) is 6.45. The number of nitrogens with one attached hydrogen (secondary N) is 1. The molecule has 2 aromatic heterocycles. The Hall–Kier alpha value is -1.62. The van der Waals surface area contributed by atoms with E-state index < -0.39 is 0 Å². The van der Waals surface area contributed by atoms with Gasteiger partial charge in [-0.05, 0) is 44.0 Å². The van der Waals surface area contributed by atoms with Gasteiger partial charge in [0.2, 0.25) is 0 Å². The molecular weight excluding hydrogens is 228 g/mol. The topological polar surface area (TPSA) is 51.5 Å². The zero-order valence-corrected chi connectivity index (χ0v) is 10.6. The van der Waals surface area contributed by atoms with Crippen LogP contribution in [0.15, 0.2) is 18.3 Å². The molecule has 1 saturated heterocycles. The lowest BCUT2D eigenvalue weighted by atomic mass is 9.94. The van der Waals surface area contributed by atoms with Crippen LogP contribution < -0.4 is 10.1 Å². The van der Waals surface area contributed by atoms with E-state index in [2.05, 4.69) is 15.5 Å². The van der Waals surface area contributed by atoms with E-state index in [9.17, 15) is 0 Å². The molecule has 0 bridgehead atoms. The molecule has 1 N–H and O–H groups in total. The van der Waals surface area contributed by atoms with Crippen molar-refractivity contribution < 1.29 is 4.74 Å². The predicted molar refractivity (Wildman–Crippen MR) is 68.8 cm³/mol. The second-order valence-corrected chi connectivity index (χ2v) is 4.81. The number of methoxy groups -OCH3 is 1. The molecule has 0 aliphatic carbocycles. The van der Waals surface area contributed by atoms with Crippen molar-refractivity contribution in [1.82, 2.24) is 19.9 Å². The number of nitrogens with zero attached hydrogens (tertiary/aromatic N) is 3. The molecule has 0 radical (unpaired) electrons. The summed E-state index contributed by atoms with van der Waals surface area (Å²) in [6, 6.07) is 3.86. The van der Waals surface area contributed by atoms with Crippen molar-refractivity contribution in [3.05, 3.63) is 24.2 Å². The van der Waals surface area contributed by atoms with Crippen LogP contribution in [0.25, 0.3) is 5.65 Å². The van der Waals surface area contributed by atoms with Crippen molar-refractivity contribution in [2.45, 2.75) is 19.3 Å². The molecule has 1 aliphatic rings. The molecule has 3 heterocycles. The van der Waals surface area contributed by atoms with Crippen LogP contribution in [0.5, 0.6) is 5.75 Å². The van der Waals surface area contributed by atoms with Crippen LogP contribution in [-0.2, 0) is 6.42 Å². The van der Waals surface area contributed by atoms with Gasteiger partial charge in [-0.1, -0.05) is 0 Å². The Morgan fingerprint density at radius 3 is 2.94 bits per heavy atom. The molecule has 18 heavy (non-hydrogen) atoms. The predicted octanol–water partition coefficient (Wildman–Crippen LogP) is 1.28. The number of piperidine rings is 1. The molecule has 3 rings (SSSR count). The molecule has 1 fully saturated rings. The number of aromatic nitrogens is 3. The van der Waals surface area contributed by atoms with Crippen LogP contribution in [0.4, 0.5) is 0 Å². The molecule has 0 amide bonds. The van der Waals surface area contributed by atoms with Crippen molar-refractivity contribution in [3.8, 4) is 5.75 Å². The monoisotopic (exact) mass is 246 g/mol. The van der Waals surface area contributed by atoms with E-state index in [-0.39, 0.29) is 0 Å². The summed E-state index contributed by atoms with van der Waals surface area (Å²) in [5.41, 5.74) is 0.889. The molecule has 0 atom stereocenters. The Morgan fingerprint density at radius 1 is 1.33 bits per heavy atom. The van der Waals surface area contributed by atoms with E-state index in [1.165, 1.54) is 12.8 Å². The summed E-state index contributed by atoms with van der Waals surface area (Å²) in [4.78, 5) is 0. The summed E-state index contributed by atoms with van der Waals surface area (Å²) in [5, 5.41) is 11.9. The number of rotatable bonds is 3. The third-order valence-electron chi connectivity index (χ3n) is 3.61. The summed E-state index contributed by atoms with van der Waals surface area (Å²) in [5.74, 6) is 2.59. The highest BCUT2D eigenvalue weighted by atomic mass is 16.5. The minimum absolute atomic E-state index is 0.713. The van der Waals surface area contributed by atoms with Gasteiger partial charge in [-0.2, -0.15) is 0 Å². The SMILES string of the molecule is COc1ccc2nnc(CC3CCNCC3)n2c1. The Bertz CT molecular complexity index is 531. The standard InChI is InChI=1S/C13H18N4O/c1-18-11-2-3-12-15-16-13(17(12)9-11)8-10-4-6-14-7-5-10/h2-3,9-10,14H,4-8H2,1H3. The number of pyridine rings is 1. The lowest BCUT2D eigenvalue weighted by molar-refractivity contribution is 0.366. The second-order valence-electron chi connectivity index (χ2n) is 4.81. The van der Waals surface area contributed by atoms with Gasteiger partial charge in [-0.25, -0.2) is 0 Å². The van der Waals surface area contributed by atoms with Gasteiger partial charge in [0.15, 0.2) is 5.65 Å².